The number of aryl methyl sites for hydroxylation is 1. The smallest absolute Gasteiger partial charge is 0.338 e. The predicted molar refractivity (Wildman–Crippen MR) is 103 cm³/mol. The summed E-state index contributed by atoms with van der Waals surface area (Å²) in [6, 6.07) is 9.37. The van der Waals surface area contributed by atoms with Crippen molar-refractivity contribution in [3.8, 4) is 17.1 Å². The Labute approximate surface area is 175 Å². The van der Waals surface area contributed by atoms with Crippen molar-refractivity contribution in [1.29, 1.82) is 0 Å². The quantitative estimate of drug-likeness (QED) is 0.413. The van der Waals surface area contributed by atoms with Gasteiger partial charge in [0.1, 0.15) is 11.6 Å². The lowest BCUT2D eigenvalue weighted by molar-refractivity contribution is -0.134. The van der Waals surface area contributed by atoms with E-state index >= 15 is 0 Å². The zero-order chi connectivity index (χ0) is 22.4. The van der Waals surface area contributed by atoms with Crippen molar-refractivity contribution in [3.05, 3.63) is 65.3 Å². The van der Waals surface area contributed by atoms with Crippen molar-refractivity contribution in [2.45, 2.75) is 12.8 Å². The van der Waals surface area contributed by atoms with E-state index in [4.69, 9.17) is 9.26 Å². The SMILES string of the molecule is COC(=O)c1cc(OC(=O)CCc2nc(-c3ccc(F)cc3)no2)cc(C(=O)OC)c1. The van der Waals surface area contributed by atoms with E-state index in [9.17, 15) is 18.8 Å². The van der Waals surface area contributed by atoms with Crippen LogP contribution in [0, 0.1) is 5.82 Å². The molecule has 0 unspecified atom stereocenters. The van der Waals surface area contributed by atoms with Crippen molar-refractivity contribution >= 4 is 17.9 Å². The second-order valence-corrected chi connectivity index (χ2v) is 6.22. The first-order chi connectivity index (χ1) is 14.9. The van der Waals surface area contributed by atoms with E-state index in [2.05, 4.69) is 19.6 Å². The average molecular weight is 428 g/mol. The molecule has 0 N–H and O–H groups in total. The lowest BCUT2D eigenvalue weighted by atomic mass is 10.1. The van der Waals surface area contributed by atoms with Gasteiger partial charge in [-0.2, -0.15) is 4.98 Å². The fraction of sp³-hybridized carbons (Fsp3) is 0.190. The highest BCUT2D eigenvalue weighted by molar-refractivity contribution is 5.96. The summed E-state index contributed by atoms with van der Waals surface area (Å²) in [6.07, 6.45) is -0.0192. The predicted octanol–water partition coefficient (Wildman–Crippen LogP) is 2.99. The molecule has 0 saturated heterocycles. The molecule has 0 amide bonds. The number of halogens is 1. The van der Waals surface area contributed by atoms with Crippen LogP contribution < -0.4 is 4.74 Å². The largest absolute Gasteiger partial charge is 0.465 e. The van der Waals surface area contributed by atoms with Crippen molar-refractivity contribution < 1.29 is 37.5 Å². The van der Waals surface area contributed by atoms with E-state index in [1.165, 1.54) is 56.7 Å². The summed E-state index contributed by atoms with van der Waals surface area (Å²) >= 11 is 0. The summed E-state index contributed by atoms with van der Waals surface area (Å²) in [6.45, 7) is 0. The number of benzene rings is 2. The fourth-order valence-electron chi connectivity index (χ4n) is 2.59. The summed E-state index contributed by atoms with van der Waals surface area (Å²) in [4.78, 5) is 40.0. The monoisotopic (exact) mass is 428 g/mol. The van der Waals surface area contributed by atoms with Crippen LogP contribution in [0.1, 0.15) is 33.0 Å². The number of esters is 3. The van der Waals surface area contributed by atoms with Gasteiger partial charge in [-0.25, -0.2) is 14.0 Å². The average Bonchev–Trinajstić information content (AvgIpc) is 3.26. The minimum absolute atomic E-state index is 0.0223. The number of methoxy groups -OCH3 is 2. The second kappa shape index (κ2) is 9.61. The first-order valence-corrected chi connectivity index (χ1v) is 9.00. The van der Waals surface area contributed by atoms with Crippen LogP contribution in [0.2, 0.25) is 0 Å². The molecule has 160 valence electrons. The summed E-state index contributed by atoms with van der Waals surface area (Å²) in [5, 5.41) is 3.80. The number of carbonyl (C=O) groups excluding carboxylic acids is 3. The van der Waals surface area contributed by atoms with Crippen molar-refractivity contribution in [2.75, 3.05) is 14.2 Å². The van der Waals surface area contributed by atoms with Gasteiger partial charge in [-0.15, -0.1) is 0 Å². The minimum Gasteiger partial charge on any atom is -0.465 e. The Bertz CT molecular complexity index is 1070. The molecule has 0 spiro atoms. The highest BCUT2D eigenvalue weighted by Crippen LogP contribution is 2.20. The van der Waals surface area contributed by atoms with Gasteiger partial charge in [-0.3, -0.25) is 4.79 Å². The van der Waals surface area contributed by atoms with Crippen LogP contribution in [-0.4, -0.2) is 42.3 Å². The molecular weight excluding hydrogens is 411 g/mol. The van der Waals surface area contributed by atoms with Gasteiger partial charge < -0.3 is 18.7 Å². The van der Waals surface area contributed by atoms with Crippen LogP contribution in [-0.2, 0) is 20.7 Å². The van der Waals surface area contributed by atoms with Crippen LogP contribution >= 0.6 is 0 Å². The van der Waals surface area contributed by atoms with Crippen molar-refractivity contribution in [1.82, 2.24) is 10.1 Å². The zero-order valence-electron chi connectivity index (χ0n) is 16.6. The number of ether oxygens (including phenoxy) is 3. The molecule has 1 aromatic heterocycles. The van der Waals surface area contributed by atoms with E-state index in [1.807, 2.05) is 0 Å². The maximum absolute atomic E-state index is 13.0. The third-order valence-corrected chi connectivity index (χ3v) is 4.09. The highest BCUT2D eigenvalue weighted by atomic mass is 19.1. The van der Waals surface area contributed by atoms with Gasteiger partial charge in [0, 0.05) is 12.0 Å². The van der Waals surface area contributed by atoms with Gasteiger partial charge >= 0.3 is 17.9 Å². The molecule has 3 rings (SSSR count). The van der Waals surface area contributed by atoms with Gasteiger partial charge in [0.25, 0.3) is 0 Å². The topological polar surface area (TPSA) is 118 Å². The zero-order valence-corrected chi connectivity index (χ0v) is 16.6. The standard InChI is InChI=1S/C21H17FN2O7/c1-28-20(26)13-9-14(21(27)29-2)11-16(10-13)30-18(25)8-7-17-23-19(24-31-17)12-3-5-15(22)6-4-12/h3-6,9-11H,7-8H2,1-2H3. The molecule has 9 nitrogen and oxygen atoms in total. The lowest BCUT2D eigenvalue weighted by Crippen LogP contribution is -2.12. The summed E-state index contributed by atoms with van der Waals surface area (Å²) in [5.41, 5.74) is 0.608. The van der Waals surface area contributed by atoms with E-state index in [0.717, 1.165) is 0 Å². The molecule has 0 aliphatic rings. The first kappa shape index (κ1) is 21.6. The number of nitrogens with zero attached hydrogens (tertiary/aromatic N) is 2. The van der Waals surface area contributed by atoms with Crippen molar-refractivity contribution in [3.63, 3.8) is 0 Å². The van der Waals surface area contributed by atoms with Gasteiger partial charge in [0.15, 0.2) is 0 Å². The number of rotatable bonds is 7. The molecule has 31 heavy (non-hydrogen) atoms. The molecule has 0 atom stereocenters. The molecular formula is C21H17FN2O7. The molecule has 1 heterocycles. The molecule has 3 aromatic rings. The first-order valence-electron chi connectivity index (χ1n) is 9.00. The molecule has 10 heteroatoms. The van der Waals surface area contributed by atoms with Gasteiger partial charge in [0.2, 0.25) is 11.7 Å². The fourth-order valence-corrected chi connectivity index (χ4v) is 2.59. The lowest BCUT2D eigenvalue weighted by Gasteiger charge is -2.08. The van der Waals surface area contributed by atoms with Crippen LogP contribution in [0.25, 0.3) is 11.4 Å². The highest BCUT2D eigenvalue weighted by Gasteiger charge is 2.17. The number of hydrogen-bond acceptors (Lipinski definition) is 9. The van der Waals surface area contributed by atoms with E-state index < -0.39 is 17.9 Å². The molecule has 0 bridgehead atoms. The number of hydrogen-bond donors (Lipinski definition) is 0. The number of carbonyl (C=O) groups is 3. The Hall–Kier alpha value is -4.08. The Morgan fingerprint density at radius 2 is 1.58 bits per heavy atom. The Kier molecular flexibility index (Phi) is 6.71. The number of aromatic nitrogens is 2. The van der Waals surface area contributed by atoms with E-state index in [1.54, 1.807) is 0 Å². The maximum Gasteiger partial charge on any atom is 0.338 e. The van der Waals surface area contributed by atoms with Gasteiger partial charge in [-0.1, -0.05) is 5.16 Å². The summed E-state index contributed by atoms with van der Waals surface area (Å²) in [5.74, 6) is -2.02. The molecule has 0 aliphatic carbocycles. The van der Waals surface area contributed by atoms with Crippen LogP contribution in [0.15, 0.2) is 47.0 Å². The third kappa shape index (κ3) is 5.50. The second-order valence-electron chi connectivity index (χ2n) is 6.22. The molecule has 2 aromatic carbocycles. The molecule has 0 fully saturated rings. The minimum atomic E-state index is -0.706. The Morgan fingerprint density at radius 1 is 0.968 bits per heavy atom. The van der Waals surface area contributed by atoms with Gasteiger partial charge in [0.05, 0.1) is 31.8 Å². The van der Waals surface area contributed by atoms with Crippen molar-refractivity contribution in [2.24, 2.45) is 0 Å². The molecule has 0 radical (unpaired) electrons. The van der Waals surface area contributed by atoms with E-state index in [-0.39, 0.29) is 47.3 Å². The Balaban J connectivity index is 1.66. The maximum atomic E-state index is 13.0. The molecule has 0 saturated carbocycles. The van der Waals surface area contributed by atoms with Crippen LogP contribution in [0.4, 0.5) is 4.39 Å². The summed E-state index contributed by atoms with van der Waals surface area (Å²) < 4.78 is 32.6. The van der Waals surface area contributed by atoms with E-state index in [0.29, 0.717) is 5.56 Å². The molecule has 0 aliphatic heterocycles. The van der Waals surface area contributed by atoms with Gasteiger partial charge in [-0.05, 0) is 42.5 Å². The van der Waals surface area contributed by atoms with Crippen LogP contribution in [0.3, 0.4) is 0 Å². The Morgan fingerprint density at radius 3 is 2.16 bits per heavy atom. The third-order valence-electron chi connectivity index (χ3n) is 4.09. The summed E-state index contributed by atoms with van der Waals surface area (Å²) in [7, 11) is 2.37. The normalized spacial score (nSPS) is 10.4. The van der Waals surface area contributed by atoms with Crippen LogP contribution in [0.5, 0.6) is 5.75 Å².